The third kappa shape index (κ3) is 4.07. The number of fused-ring (bicyclic) bond motifs is 1. The molecule has 0 amide bonds. The Bertz CT molecular complexity index is 971. The molecule has 2 atom stereocenters. The van der Waals surface area contributed by atoms with Crippen LogP contribution < -0.4 is 4.72 Å². The molecule has 2 aromatic heterocycles. The molecule has 0 saturated carbocycles. The highest BCUT2D eigenvalue weighted by atomic mass is 32.2. The lowest BCUT2D eigenvalue weighted by Gasteiger charge is -2.25. The van der Waals surface area contributed by atoms with Crippen LogP contribution in [0.1, 0.15) is 37.3 Å². The maximum Gasteiger partial charge on any atom is 0.409 e. The van der Waals surface area contributed by atoms with E-state index in [4.69, 9.17) is 0 Å². The van der Waals surface area contributed by atoms with Crippen LogP contribution in [0, 0.1) is 6.92 Å². The zero-order valence-electron chi connectivity index (χ0n) is 15.2. The van der Waals surface area contributed by atoms with Crippen LogP contribution in [0.5, 0.6) is 0 Å². The molecule has 0 bridgehead atoms. The highest BCUT2D eigenvalue weighted by Gasteiger charge is 2.46. The SMILES string of the molecule is Cc1ccc(-c2c([C@H](N[S@@](=O)C(C)(C)C)C(F)(F)F)sc3ncnn23)cc1. The van der Waals surface area contributed by atoms with E-state index in [1.807, 2.05) is 19.1 Å². The molecule has 0 aliphatic heterocycles. The Labute approximate surface area is 161 Å². The van der Waals surface area contributed by atoms with Crippen LogP contribution in [0.15, 0.2) is 30.6 Å². The number of thiazole rings is 1. The first-order valence-electron chi connectivity index (χ1n) is 8.12. The quantitative estimate of drug-likeness (QED) is 0.685. The van der Waals surface area contributed by atoms with Crippen molar-refractivity contribution in [2.75, 3.05) is 0 Å². The summed E-state index contributed by atoms with van der Waals surface area (Å²) in [5, 5.41) is 4.08. The highest BCUT2D eigenvalue weighted by Crippen LogP contribution is 2.42. The molecule has 146 valence electrons. The van der Waals surface area contributed by atoms with Crippen LogP contribution in [-0.4, -0.2) is 29.7 Å². The van der Waals surface area contributed by atoms with Gasteiger partial charge >= 0.3 is 6.18 Å². The van der Waals surface area contributed by atoms with Crippen molar-refractivity contribution in [3.63, 3.8) is 0 Å². The predicted molar refractivity (Wildman–Crippen MR) is 101 cm³/mol. The third-order valence-electron chi connectivity index (χ3n) is 3.86. The normalized spacial score (nSPS) is 15.2. The zero-order valence-corrected chi connectivity index (χ0v) is 16.8. The summed E-state index contributed by atoms with van der Waals surface area (Å²) in [5.74, 6) is 0. The molecule has 3 aromatic rings. The van der Waals surface area contributed by atoms with E-state index in [1.165, 1.54) is 10.8 Å². The average molecular weight is 416 g/mol. The van der Waals surface area contributed by atoms with Gasteiger partial charge in [0.2, 0.25) is 4.96 Å². The second kappa shape index (κ2) is 6.99. The summed E-state index contributed by atoms with van der Waals surface area (Å²) in [6.45, 7) is 6.75. The molecular formula is C17H19F3N4OS2. The second-order valence-electron chi connectivity index (χ2n) is 7.11. The van der Waals surface area contributed by atoms with Crippen LogP contribution in [0.2, 0.25) is 0 Å². The van der Waals surface area contributed by atoms with Gasteiger partial charge in [-0.15, -0.1) is 0 Å². The minimum atomic E-state index is -4.64. The molecule has 1 aromatic carbocycles. The van der Waals surface area contributed by atoms with Crippen molar-refractivity contribution in [2.45, 2.75) is 44.7 Å². The summed E-state index contributed by atoms with van der Waals surface area (Å²) < 4.78 is 57.0. The molecule has 0 unspecified atom stereocenters. The lowest BCUT2D eigenvalue weighted by molar-refractivity contribution is -0.152. The van der Waals surface area contributed by atoms with Gasteiger partial charge in [-0.05, 0) is 27.7 Å². The van der Waals surface area contributed by atoms with Crippen molar-refractivity contribution < 1.29 is 17.4 Å². The van der Waals surface area contributed by atoms with Gasteiger partial charge in [0.1, 0.15) is 6.33 Å². The highest BCUT2D eigenvalue weighted by molar-refractivity contribution is 7.84. The van der Waals surface area contributed by atoms with Gasteiger partial charge in [-0.2, -0.15) is 18.3 Å². The average Bonchev–Trinajstić information content (AvgIpc) is 3.12. The molecule has 0 saturated heterocycles. The number of nitrogens with one attached hydrogen (secondary N) is 1. The molecule has 5 nitrogen and oxygen atoms in total. The summed E-state index contributed by atoms with van der Waals surface area (Å²) in [6, 6.07) is 5.04. The Kier molecular flexibility index (Phi) is 5.17. The number of hydrogen-bond acceptors (Lipinski definition) is 4. The molecule has 0 spiro atoms. The van der Waals surface area contributed by atoms with Crippen LogP contribution in [0.4, 0.5) is 13.2 Å². The molecule has 27 heavy (non-hydrogen) atoms. The Balaban J connectivity index is 2.18. The van der Waals surface area contributed by atoms with Gasteiger partial charge in [0.05, 0.1) is 26.3 Å². The van der Waals surface area contributed by atoms with E-state index < -0.39 is 28.0 Å². The second-order valence-corrected chi connectivity index (χ2v) is 10.1. The lowest BCUT2D eigenvalue weighted by Crippen LogP contribution is -2.41. The van der Waals surface area contributed by atoms with Gasteiger partial charge in [-0.1, -0.05) is 41.2 Å². The van der Waals surface area contributed by atoms with E-state index in [-0.39, 0.29) is 4.88 Å². The first kappa shape index (κ1) is 20.0. The van der Waals surface area contributed by atoms with Gasteiger partial charge in [-0.25, -0.2) is 18.4 Å². The molecular weight excluding hydrogens is 397 g/mol. The molecule has 0 radical (unpaired) electrons. The minimum absolute atomic E-state index is 0.0143. The van der Waals surface area contributed by atoms with E-state index in [2.05, 4.69) is 14.8 Å². The Morgan fingerprint density at radius 2 is 1.81 bits per heavy atom. The Morgan fingerprint density at radius 1 is 1.19 bits per heavy atom. The van der Waals surface area contributed by atoms with E-state index in [1.54, 1.807) is 32.9 Å². The molecule has 0 fully saturated rings. The summed E-state index contributed by atoms with van der Waals surface area (Å²) in [5.41, 5.74) is 1.88. The molecule has 1 N–H and O–H groups in total. The summed E-state index contributed by atoms with van der Waals surface area (Å²) in [6.07, 6.45) is -3.33. The Hall–Kier alpha value is -1.78. The summed E-state index contributed by atoms with van der Waals surface area (Å²) in [7, 11) is -1.91. The van der Waals surface area contributed by atoms with Crippen LogP contribution in [0.25, 0.3) is 16.2 Å². The van der Waals surface area contributed by atoms with Crippen molar-refractivity contribution in [3.8, 4) is 11.3 Å². The summed E-state index contributed by atoms with van der Waals surface area (Å²) >= 11 is 0.890. The fraction of sp³-hybridized carbons (Fsp3) is 0.412. The number of halogens is 3. The van der Waals surface area contributed by atoms with Gasteiger partial charge < -0.3 is 0 Å². The third-order valence-corrected chi connectivity index (χ3v) is 6.53. The van der Waals surface area contributed by atoms with E-state index in [0.29, 0.717) is 16.2 Å². The number of rotatable bonds is 4. The van der Waals surface area contributed by atoms with Crippen molar-refractivity contribution in [1.82, 2.24) is 19.3 Å². The molecule has 2 heterocycles. The first-order chi connectivity index (χ1) is 12.5. The van der Waals surface area contributed by atoms with Crippen LogP contribution >= 0.6 is 11.3 Å². The number of aromatic nitrogens is 3. The van der Waals surface area contributed by atoms with Crippen molar-refractivity contribution in [1.29, 1.82) is 0 Å². The van der Waals surface area contributed by atoms with Gasteiger partial charge in [0, 0.05) is 5.56 Å². The fourth-order valence-corrected chi connectivity index (χ4v) is 4.46. The zero-order chi connectivity index (χ0) is 20.0. The number of hydrogen-bond donors (Lipinski definition) is 1. The molecule has 10 heteroatoms. The van der Waals surface area contributed by atoms with Gasteiger partial charge in [0.25, 0.3) is 0 Å². The monoisotopic (exact) mass is 416 g/mol. The maximum atomic E-state index is 13.9. The fourth-order valence-electron chi connectivity index (χ4n) is 2.43. The standard InChI is InChI=1S/C17H19F3N4OS2/c1-10-5-7-11(8-6-10)12-13(26-15-21-9-22-24(12)15)14(17(18,19)20)23-27(25)16(2,3)4/h5-9,14,23H,1-4H3/t14-,27-/m0/s1. The molecule has 3 rings (SSSR count). The van der Waals surface area contributed by atoms with Crippen LogP contribution in [0.3, 0.4) is 0 Å². The van der Waals surface area contributed by atoms with E-state index >= 15 is 0 Å². The number of aryl methyl sites for hydroxylation is 1. The molecule has 0 aliphatic carbocycles. The van der Waals surface area contributed by atoms with Crippen molar-refractivity contribution in [3.05, 3.63) is 41.0 Å². The lowest BCUT2D eigenvalue weighted by atomic mass is 10.1. The van der Waals surface area contributed by atoms with E-state index in [9.17, 15) is 17.4 Å². The predicted octanol–water partition coefficient (Wildman–Crippen LogP) is 4.42. The van der Waals surface area contributed by atoms with Crippen molar-refractivity contribution >= 4 is 27.3 Å². The molecule has 0 aliphatic rings. The van der Waals surface area contributed by atoms with Crippen LogP contribution in [-0.2, 0) is 11.0 Å². The van der Waals surface area contributed by atoms with Gasteiger partial charge in [-0.3, -0.25) is 0 Å². The van der Waals surface area contributed by atoms with E-state index in [0.717, 1.165) is 16.9 Å². The first-order valence-corrected chi connectivity index (χ1v) is 10.1. The maximum absolute atomic E-state index is 13.9. The smallest absolute Gasteiger partial charge is 0.242 e. The topological polar surface area (TPSA) is 59.3 Å². The minimum Gasteiger partial charge on any atom is -0.242 e. The van der Waals surface area contributed by atoms with Gasteiger partial charge in [0.15, 0.2) is 6.04 Å². The number of benzene rings is 1. The van der Waals surface area contributed by atoms with Crippen molar-refractivity contribution in [2.24, 2.45) is 0 Å². The number of nitrogens with zero attached hydrogens (tertiary/aromatic N) is 3. The Morgan fingerprint density at radius 3 is 2.37 bits per heavy atom. The largest absolute Gasteiger partial charge is 0.409 e. The summed E-state index contributed by atoms with van der Waals surface area (Å²) in [4.78, 5) is 4.37. The number of alkyl halides is 3.